The number of rotatable bonds is 10. The summed E-state index contributed by atoms with van der Waals surface area (Å²) in [6.07, 6.45) is 1.78. The molecule has 0 spiro atoms. The molecule has 0 radical (unpaired) electrons. The number of guanidine groups is 1. The second kappa shape index (κ2) is 13.5. The Kier molecular flexibility index (Phi) is 11.8. The zero-order chi connectivity index (χ0) is 21.2. The van der Waals surface area contributed by atoms with Crippen molar-refractivity contribution in [1.82, 2.24) is 20.4 Å². The van der Waals surface area contributed by atoms with E-state index in [9.17, 15) is 0 Å². The summed E-state index contributed by atoms with van der Waals surface area (Å²) in [4.78, 5) is 4.33. The molecule has 168 valence electrons. The van der Waals surface area contributed by atoms with Crippen molar-refractivity contribution in [3.63, 3.8) is 0 Å². The van der Waals surface area contributed by atoms with Gasteiger partial charge in [-0.25, -0.2) is 0 Å². The number of benzene rings is 1. The number of aromatic nitrogens is 2. The Morgan fingerprint density at radius 1 is 1.17 bits per heavy atom. The highest BCUT2D eigenvalue weighted by atomic mass is 127. The van der Waals surface area contributed by atoms with Crippen molar-refractivity contribution in [3.05, 3.63) is 46.3 Å². The maximum absolute atomic E-state index is 5.96. The van der Waals surface area contributed by atoms with Gasteiger partial charge in [0.25, 0.3) is 0 Å². The van der Waals surface area contributed by atoms with Gasteiger partial charge in [0, 0.05) is 58.6 Å². The van der Waals surface area contributed by atoms with Gasteiger partial charge >= 0.3 is 0 Å². The summed E-state index contributed by atoms with van der Waals surface area (Å²) in [5, 5.41) is 11.2. The largest absolute Gasteiger partial charge is 0.493 e. The first-order valence-electron chi connectivity index (χ1n) is 10.1. The molecule has 0 amide bonds. The molecule has 2 aromatic rings. The number of methoxy groups -OCH3 is 1. The van der Waals surface area contributed by atoms with Crippen molar-refractivity contribution in [2.45, 2.75) is 40.2 Å². The van der Waals surface area contributed by atoms with E-state index in [1.54, 1.807) is 14.2 Å². The average molecular weight is 529 g/mol. The van der Waals surface area contributed by atoms with Crippen molar-refractivity contribution in [3.8, 4) is 5.75 Å². The average Bonchev–Trinajstić information content (AvgIpc) is 2.94. The van der Waals surface area contributed by atoms with Gasteiger partial charge in [0.05, 0.1) is 12.3 Å². The Hall–Kier alpha value is -1.81. The Balaban J connectivity index is 0.00000450. The number of aliphatic imine (C=N–C) groups is 1. The first kappa shape index (κ1) is 26.2. The van der Waals surface area contributed by atoms with Crippen LogP contribution in [0.4, 0.5) is 0 Å². The molecular weight excluding hydrogens is 493 g/mol. The van der Waals surface area contributed by atoms with E-state index >= 15 is 0 Å². The van der Waals surface area contributed by atoms with Gasteiger partial charge < -0.3 is 20.1 Å². The number of hydrogen-bond donors (Lipinski definition) is 2. The fraction of sp³-hybridized carbons (Fsp3) is 0.545. The number of ether oxygens (including phenoxy) is 2. The number of hydrogen-bond acceptors (Lipinski definition) is 4. The van der Waals surface area contributed by atoms with Crippen LogP contribution in [0, 0.1) is 20.8 Å². The molecular formula is C22H36IN5O2. The number of aryl methyl sites for hydroxylation is 3. The summed E-state index contributed by atoms with van der Waals surface area (Å²) in [6.45, 7) is 9.01. The standard InChI is InChI=1S/C22H35N5O2.HI/c1-16-8-9-19(21(14-16)29-13-7-12-28-6)15-25-22(23-4)24-11-10-20-17(2)26-27(5)18(20)3;/h8-9,14H,7,10-13,15H2,1-6H3,(H2,23,24,25);1H. The van der Waals surface area contributed by atoms with Gasteiger partial charge in [-0.3, -0.25) is 9.67 Å². The summed E-state index contributed by atoms with van der Waals surface area (Å²) in [5.74, 6) is 1.68. The lowest BCUT2D eigenvalue weighted by Crippen LogP contribution is -2.38. The van der Waals surface area contributed by atoms with Crippen LogP contribution in [-0.4, -0.2) is 49.7 Å². The molecule has 30 heavy (non-hydrogen) atoms. The van der Waals surface area contributed by atoms with E-state index < -0.39 is 0 Å². The molecule has 0 fully saturated rings. The topological polar surface area (TPSA) is 72.7 Å². The zero-order valence-electron chi connectivity index (χ0n) is 19.0. The maximum atomic E-state index is 5.96. The van der Waals surface area contributed by atoms with Crippen LogP contribution in [0.25, 0.3) is 0 Å². The smallest absolute Gasteiger partial charge is 0.191 e. The SMILES string of the molecule is CN=C(NCCc1c(C)nn(C)c1C)NCc1ccc(C)cc1OCCCOC.I. The van der Waals surface area contributed by atoms with E-state index in [4.69, 9.17) is 9.47 Å². The van der Waals surface area contributed by atoms with Gasteiger partial charge in [0.2, 0.25) is 0 Å². The molecule has 2 N–H and O–H groups in total. The fourth-order valence-corrected chi connectivity index (χ4v) is 3.21. The second-order valence-electron chi connectivity index (χ2n) is 7.18. The van der Waals surface area contributed by atoms with E-state index in [0.29, 0.717) is 19.8 Å². The molecule has 0 aliphatic rings. The van der Waals surface area contributed by atoms with E-state index in [2.05, 4.69) is 59.7 Å². The van der Waals surface area contributed by atoms with Crippen molar-refractivity contribution < 1.29 is 9.47 Å². The lowest BCUT2D eigenvalue weighted by Gasteiger charge is -2.15. The molecule has 0 bridgehead atoms. The summed E-state index contributed by atoms with van der Waals surface area (Å²) < 4.78 is 13.0. The number of nitrogens with zero attached hydrogens (tertiary/aromatic N) is 3. The first-order valence-corrected chi connectivity index (χ1v) is 10.1. The zero-order valence-corrected chi connectivity index (χ0v) is 21.4. The van der Waals surface area contributed by atoms with Crippen LogP contribution >= 0.6 is 24.0 Å². The molecule has 1 aromatic heterocycles. The van der Waals surface area contributed by atoms with E-state index in [0.717, 1.165) is 42.4 Å². The predicted octanol–water partition coefficient (Wildman–Crippen LogP) is 3.29. The maximum Gasteiger partial charge on any atom is 0.191 e. The Morgan fingerprint density at radius 2 is 1.93 bits per heavy atom. The number of halogens is 1. The lowest BCUT2D eigenvalue weighted by molar-refractivity contribution is 0.172. The van der Waals surface area contributed by atoms with Crippen LogP contribution in [0.1, 0.15) is 34.5 Å². The monoisotopic (exact) mass is 529 g/mol. The molecule has 0 aliphatic heterocycles. The quantitative estimate of drug-likeness (QED) is 0.214. The molecule has 0 unspecified atom stereocenters. The van der Waals surface area contributed by atoms with Crippen LogP contribution in [0.3, 0.4) is 0 Å². The highest BCUT2D eigenvalue weighted by Crippen LogP contribution is 2.20. The summed E-state index contributed by atoms with van der Waals surface area (Å²) >= 11 is 0. The van der Waals surface area contributed by atoms with Crippen LogP contribution in [0.2, 0.25) is 0 Å². The van der Waals surface area contributed by atoms with Gasteiger partial charge in [0.15, 0.2) is 5.96 Å². The third-order valence-corrected chi connectivity index (χ3v) is 4.97. The molecule has 0 saturated heterocycles. The van der Waals surface area contributed by atoms with Crippen molar-refractivity contribution in [1.29, 1.82) is 0 Å². The van der Waals surface area contributed by atoms with Gasteiger partial charge in [0.1, 0.15) is 5.75 Å². The van der Waals surface area contributed by atoms with Crippen LogP contribution in [0.5, 0.6) is 5.75 Å². The highest BCUT2D eigenvalue weighted by molar-refractivity contribution is 14.0. The summed E-state index contributed by atoms with van der Waals surface area (Å²) in [5.41, 5.74) is 5.88. The van der Waals surface area contributed by atoms with E-state index in [1.807, 2.05) is 11.7 Å². The normalized spacial score (nSPS) is 11.2. The van der Waals surface area contributed by atoms with E-state index in [-0.39, 0.29) is 24.0 Å². The molecule has 0 saturated carbocycles. The summed E-state index contributed by atoms with van der Waals surface area (Å²) in [7, 11) is 5.47. The Labute approximate surface area is 197 Å². The van der Waals surface area contributed by atoms with E-state index in [1.165, 1.54) is 16.8 Å². The van der Waals surface area contributed by atoms with Crippen molar-refractivity contribution in [2.24, 2.45) is 12.0 Å². The van der Waals surface area contributed by atoms with Gasteiger partial charge in [-0.15, -0.1) is 24.0 Å². The minimum atomic E-state index is 0. The molecule has 0 atom stereocenters. The first-order chi connectivity index (χ1) is 14.0. The van der Waals surface area contributed by atoms with Gasteiger partial charge in [-0.2, -0.15) is 5.10 Å². The molecule has 7 nitrogen and oxygen atoms in total. The third kappa shape index (κ3) is 7.79. The minimum absolute atomic E-state index is 0. The predicted molar refractivity (Wildman–Crippen MR) is 133 cm³/mol. The lowest BCUT2D eigenvalue weighted by atomic mass is 10.1. The summed E-state index contributed by atoms with van der Waals surface area (Å²) in [6, 6.07) is 6.28. The Morgan fingerprint density at radius 3 is 2.57 bits per heavy atom. The molecule has 8 heteroatoms. The second-order valence-corrected chi connectivity index (χ2v) is 7.18. The molecule has 0 aliphatic carbocycles. The third-order valence-electron chi connectivity index (χ3n) is 4.97. The molecule has 2 rings (SSSR count). The highest BCUT2D eigenvalue weighted by Gasteiger charge is 2.10. The molecule has 1 heterocycles. The van der Waals surface area contributed by atoms with Gasteiger partial charge in [-0.1, -0.05) is 12.1 Å². The Bertz CT molecular complexity index is 820. The van der Waals surface area contributed by atoms with Crippen molar-refractivity contribution >= 4 is 29.9 Å². The van der Waals surface area contributed by atoms with Crippen LogP contribution in [-0.2, 0) is 24.8 Å². The van der Waals surface area contributed by atoms with Crippen molar-refractivity contribution in [2.75, 3.05) is 33.9 Å². The minimum Gasteiger partial charge on any atom is -0.493 e. The molecule has 1 aromatic carbocycles. The fourth-order valence-electron chi connectivity index (χ4n) is 3.21. The number of nitrogens with one attached hydrogen (secondary N) is 2. The van der Waals surface area contributed by atoms with Gasteiger partial charge in [-0.05, 0) is 44.4 Å². The van der Waals surface area contributed by atoms with Crippen LogP contribution in [0.15, 0.2) is 23.2 Å². The van der Waals surface area contributed by atoms with Crippen LogP contribution < -0.4 is 15.4 Å².